The lowest BCUT2D eigenvalue weighted by Crippen LogP contribution is -2.52. The quantitative estimate of drug-likeness (QED) is 0.376. The Labute approximate surface area is 129 Å². The summed E-state index contributed by atoms with van der Waals surface area (Å²) in [4.78, 5) is 0. The Kier molecular flexibility index (Phi) is 10.1. The van der Waals surface area contributed by atoms with Crippen molar-refractivity contribution in [3.8, 4) is 0 Å². The van der Waals surface area contributed by atoms with E-state index in [-0.39, 0.29) is 0 Å². The number of alkyl halides is 8. The summed E-state index contributed by atoms with van der Waals surface area (Å²) in [5.41, 5.74) is -4.39. The highest BCUT2D eigenvalue weighted by atomic mass is 35.5. The van der Waals surface area contributed by atoms with Crippen LogP contribution in [0.15, 0.2) is 0 Å². The van der Waals surface area contributed by atoms with Gasteiger partial charge in [0.25, 0.3) is 0 Å². The van der Waals surface area contributed by atoms with Crippen molar-refractivity contribution in [2.75, 3.05) is 51.8 Å². The molecule has 0 aromatic carbocycles. The zero-order valence-electron chi connectivity index (χ0n) is 11.2. The van der Waals surface area contributed by atoms with E-state index in [9.17, 15) is 26.3 Å². The summed E-state index contributed by atoms with van der Waals surface area (Å²) >= 11 is 11.0. The molecule has 0 aromatic heterocycles. The SMILES string of the molecule is FCC(CF)(CF)C(CCl)OC(CCl)C(CF)(CF)CF. The molecule has 0 aliphatic rings. The van der Waals surface area contributed by atoms with Gasteiger partial charge in [-0.05, 0) is 0 Å². The fourth-order valence-electron chi connectivity index (χ4n) is 1.62. The van der Waals surface area contributed by atoms with Crippen LogP contribution in [0.1, 0.15) is 0 Å². The first-order valence-electron chi connectivity index (χ1n) is 6.12. The molecule has 0 saturated carbocycles. The van der Waals surface area contributed by atoms with E-state index < -0.39 is 74.8 Å². The van der Waals surface area contributed by atoms with E-state index in [1.54, 1.807) is 0 Å². The lowest BCUT2D eigenvalue weighted by atomic mass is 9.84. The van der Waals surface area contributed by atoms with Crippen LogP contribution >= 0.6 is 23.2 Å². The van der Waals surface area contributed by atoms with Crippen LogP contribution in [0.2, 0.25) is 0 Å². The molecule has 0 N–H and O–H groups in total. The van der Waals surface area contributed by atoms with Gasteiger partial charge >= 0.3 is 0 Å². The van der Waals surface area contributed by atoms with Crippen molar-refractivity contribution in [3.05, 3.63) is 0 Å². The lowest BCUT2D eigenvalue weighted by molar-refractivity contribution is -0.140. The van der Waals surface area contributed by atoms with Crippen LogP contribution < -0.4 is 0 Å². The fourth-order valence-corrected chi connectivity index (χ4v) is 2.42. The molecule has 0 saturated heterocycles. The first-order chi connectivity index (χ1) is 9.99. The maximum absolute atomic E-state index is 13.0. The van der Waals surface area contributed by atoms with Gasteiger partial charge in [0.1, 0.15) is 40.0 Å². The Morgan fingerprint density at radius 2 is 0.857 bits per heavy atom. The summed E-state index contributed by atoms with van der Waals surface area (Å²) in [5.74, 6) is -1.07. The first-order valence-corrected chi connectivity index (χ1v) is 7.19. The van der Waals surface area contributed by atoms with E-state index in [0.29, 0.717) is 0 Å². The zero-order chi connectivity index (χ0) is 16.5. The van der Waals surface area contributed by atoms with E-state index in [1.165, 1.54) is 0 Å². The molecule has 0 radical (unpaired) electrons. The molecule has 2 unspecified atom stereocenters. The van der Waals surface area contributed by atoms with Gasteiger partial charge in [0.05, 0.1) is 23.0 Å². The van der Waals surface area contributed by atoms with Crippen molar-refractivity contribution >= 4 is 23.2 Å². The second-order valence-corrected chi connectivity index (χ2v) is 5.57. The third kappa shape index (κ3) is 4.55. The second-order valence-electron chi connectivity index (χ2n) is 4.95. The molecular weight excluding hydrogens is 345 g/mol. The van der Waals surface area contributed by atoms with Crippen LogP contribution in [-0.4, -0.2) is 64.0 Å². The molecule has 0 fully saturated rings. The van der Waals surface area contributed by atoms with E-state index >= 15 is 0 Å². The van der Waals surface area contributed by atoms with Crippen LogP contribution in [-0.2, 0) is 4.74 Å². The smallest absolute Gasteiger partial charge is 0.103 e. The minimum absolute atomic E-state index is 0.536. The van der Waals surface area contributed by atoms with Crippen LogP contribution in [0, 0.1) is 10.8 Å². The molecule has 2 atom stereocenters. The monoisotopic (exact) mass is 362 g/mol. The summed E-state index contributed by atoms with van der Waals surface area (Å²) < 4.78 is 83.0. The summed E-state index contributed by atoms with van der Waals surface area (Å²) in [5, 5.41) is 0. The summed E-state index contributed by atoms with van der Waals surface area (Å²) in [6.07, 6.45) is -3.07. The molecule has 0 aliphatic carbocycles. The first kappa shape index (κ1) is 21.1. The predicted octanol–water partition coefficient (Wildman–Crippen LogP) is 4.01. The molecule has 0 rings (SSSR count). The summed E-state index contributed by atoms with van der Waals surface area (Å²) in [6, 6.07) is 0. The van der Waals surface area contributed by atoms with Gasteiger partial charge < -0.3 is 4.74 Å². The van der Waals surface area contributed by atoms with E-state index in [0.717, 1.165) is 0 Å². The molecule has 0 spiro atoms. The maximum atomic E-state index is 13.0. The fraction of sp³-hybridized carbons (Fsp3) is 1.00. The standard InChI is InChI=1S/C12H18Cl2F6O/c13-1-9(11(3-15,4-16)5-17)21-10(2-14)12(6-18,7-19)8-20/h9-10H,1-8H2. The van der Waals surface area contributed by atoms with Gasteiger partial charge in [-0.15, -0.1) is 23.2 Å². The van der Waals surface area contributed by atoms with E-state index in [2.05, 4.69) is 0 Å². The second kappa shape index (κ2) is 10.0. The van der Waals surface area contributed by atoms with E-state index in [1.807, 2.05) is 0 Å². The molecule has 9 heteroatoms. The molecule has 0 bridgehead atoms. The van der Waals surface area contributed by atoms with Crippen molar-refractivity contribution in [1.82, 2.24) is 0 Å². The normalized spacial score (nSPS) is 16.0. The third-order valence-electron chi connectivity index (χ3n) is 3.57. The Bertz CT molecular complexity index is 234. The van der Waals surface area contributed by atoms with Crippen molar-refractivity contribution in [3.63, 3.8) is 0 Å². The van der Waals surface area contributed by atoms with Crippen LogP contribution in [0.3, 0.4) is 0 Å². The Morgan fingerprint density at radius 3 is 1.00 bits per heavy atom. The Hall–Kier alpha value is 0.120. The average molecular weight is 363 g/mol. The predicted molar refractivity (Wildman–Crippen MR) is 70.8 cm³/mol. The minimum atomic E-state index is -2.19. The molecule has 21 heavy (non-hydrogen) atoms. The molecule has 1 nitrogen and oxygen atoms in total. The average Bonchev–Trinajstić information content (AvgIpc) is 2.55. The zero-order valence-corrected chi connectivity index (χ0v) is 12.8. The molecule has 0 amide bonds. The number of halogens is 8. The van der Waals surface area contributed by atoms with Crippen LogP contribution in [0.5, 0.6) is 0 Å². The van der Waals surface area contributed by atoms with Gasteiger partial charge in [-0.3, -0.25) is 26.3 Å². The van der Waals surface area contributed by atoms with Gasteiger partial charge in [0.15, 0.2) is 0 Å². The van der Waals surface area contributed by atoms with Gasteiger partial charge in [-0.1, -0.05) is 0 Å². The number of hydrogen-bond acceptors (Lipinski definition) is 1. The van der Waals surface area contributed by atoms with Crippen molar-refractivity contribution in [1.29, 1.82) is 0 Å². The van der Waals surface area contributed by atoms with Crippen molar-refractivity contribution in [2.24, 2.45) is 10.8 Å². The van der Waals surface area contributed by atoms with Gasteiger partial charge in [0, 0.05) is 11.8 Å². The molecule has 0 heterocycles. The highest BCUT2D eigenvalue weighted by molar-refractivity contribution is 6.18. The largest absolute Gasteiger partial charge is 0.371 e. The van der Waals surface area contributed by atoms with Crippen LogP contribution in [0.25, 0.3) is 0 Å². The minimum Gasteiger partial charge on any atom is -0.371 e. The van der Waals surface area contributed by atoms with Gasteiger partial charge in [-0.25, -0.2) is 0 Å². The summed E-state index contributed by atoms with van der Waals surface area (Å²) in [6.45, 7) is -8.58. The number of hydrogen-bond donors (Lipinski definition) is 0. The van der Waals surface area contributed by atoms with E-state index in [4.69, 9.17) is 27.9 Å². The van der Waals surface area contributed by atoms with Crippen molar-refractivity contribution in [2.45, 2.75) is 12.2 Å². The third-order valence-corrected chi connectivity index (χ3v) is 4.13. The molecular formula is C12H18Cl2F6O. The Balaban J connectivity index is 5.32. The number of rotatable bonds is 12. The van der Waals surface area contributed by atoms with Crippen LogP contribution in [0.4, 0.5) is 26.3 Å². The highest BCUT2D eigenvalue weighted by Crippen LogP contribution is 2.35. The molecule has 128 valence electrons. The lowest BCUT2D eigenvalue weighted by Gasteiger charge is -2.40. The maximum Gasteiger partial charge on any atom is 0.103 e. The highest BCUT2D eigenvalue weighted by Gasteiger charge is 2.47. The Morgan fingerprint density at radius 1 is 0.619 bits per heavy atom. The summed E-state index contributed by atoms with van der Waals surface area (Å²) in [7, 11) is 0. The number of ether oxygens (including phenoxy) is 1. The molecule has 0 aliphatic heterocycles. The van der Waals surface area contributed by atoms with Crippen molar-refractivity contribution < 1.29 is 31.1 Å². The van der Waals surface area contributed by atoms with Gasteiger partial charge in [0.2, 0.25) is 0 Å². The topological polar surface area (TPSA) is 9.23 Å². The van der Waals surface area contributed by atoms with Gasteiger partial charge in [-0.2, -0.15) is 0 Å². The molecule has 0 aromatic rings.